The number of nitrogens with two attached hydrogens (primary N) is 1. The van der Waals surface area contributed by atoms with Crippen LogP contribution in [0.3, 0.4) is 0 Å². The normalized spacial score (nSPS) is 16.8. The number of rotatable bonds is 4. The molecule has 17 heavy (non-hydrogen) atoms. The minimum atomic E-state index is 0.0377. The molecule has 2 N–H and O–H groups in total. The lowest BCUT2D eigenvalue weighted by atomic mass is 9.93. The van der Waals surface area contributed by atoms with Crippen molar-refractivity contribution in [3.8, 4) is 11.5 Å². The highest BCUT2D eigenvalue weighted by atomic mass is 35.5. The quantitative estimate of drug-likeness (QED) is 0.900. The van der Waals surface area contributed by atoms with Gasteiger partial charge >= 0.3 is 0 Å². The molecule has 3 nitrogen and oxygen atoms in total. The highest BCUT2D eigenvalue weighted by molar-refractivity contribution is 6.33. The van der Waals surface area contributed by atoms with Crippen molar-refractivity contribution >= 4 is 11.6 Å². The number of ether oxygens (including phenoxy) is 2. The Labute approximate surface area is 107 Å². The van der Waals surface area contributed by atoms with Crippen LogP contribution in [0.2, 0.25) is 5.02 Å². The highest BCUT2D eigenvalue weighted by Gasteiger charge is 2.45. The van der Waals surface area contributed by atoms with Gasteiger partial charge in [0.25, 0.3) is 0 Å². The first kappa shape index (κ1) is 12.5. The molecular weight excluding hydrogens is 238 g/mol. The molecule has 0 atom stereocenters. The molecule has 0 aliphatic heterocycles. The maximum atomic E-state index is 6.33. The van der Waals surface area contributed by atoms with Gasteiger partial charge in [0, 0.05) is 23.1 Å². The van der Waals surface area contributed by atoms with Crippen LogP contribution in [0.5, 0.6) is 11.5 Å². The predicted octanol–water partition coefficient (Wildman–Crippen LogP) is 2.66. The van der Waals surface area contributed by atoms with Crippen LogP contribution in [0.25, 0.3) is 0 Å². The van der Waals surface area contributed by atoms with E-state index >= 15 is 0 Å². The van der Waals surface area contributed by atoms with Gasteiger partial charge < -0.3 is 15.2 Å². The number of hydrogen-bond acceptors (Lipinski definition) is 3. The van der Waals surface area contributed by atoms with Crippen LogP contribution in [0.15, 0.2) is 6.07 Å². The summed E-state index contributed by atoms with van der Waals surface area (Å²) in [6, 6.07) is 2.01. The zero-order valence-electron chi connectivity index (χ0n) is 10.5. The average Bonchev–Trinajstić information content (AvgIpc) is 3.13. The number of benzene rings is 1. The molecule has 1 fully saturated rings. The van der Waals surface area contributed by atoms with Gasteiger partial charge in [0.2, 0.25) is 0 Å². The number of halogens is 1. The van der Waals surface area contributed by atoms with Gasteiger partial charge in [-0.3, -0.25) is 0 Å². The van der Waals surface area contributed by atoms with E-state index in [9.17, 15) is 0 Å². The van der Waals surface area contributed by atoms with Crippen molar-refractivity contribution in [2.24, 2.45) is 5.73 Å². The third kappa shape index (κ3) is 1.87. The molecule has 1 saturated carbocycles. The summed E-state index contributed by atoms with van der Waals surface area (Å²) in [4.78, 5) is 0. The summed E-state index contributed by atoms with van der Waals surface area (Å²) in [7, 11) is 3.29. The molecule has 1 aromatic rings. The largest absolute Gasteiger partial charge is 0.496 e. The SMILES string of the molecule is COc1cc(C2(CN)CC2)c(OC)c(Cl)c1C. The molecular formula is C13H18ClNO2. The van der Waals surface area contributed by atoms with E-state index in [1.165, 1.54) is 0 Å². The van der Waals surface area contributed by atoms with Gasteiger partial charge in [0.15, 0.2) is 0 Å². The molecule has 0 amide bonds. The highest BCUT2D eigenvalue weighted by Crippen LogP contribution is 2.53. The smallest absolute Gasteiger partial charge is 0.141 e. The first-order chi connectivity index (χ1) is 8.09. The maximum absolute atomic E-state index is 6.33. The fraction of sp³-hybridized carbons (Fsp3) is 0.538. The predicted molar refractivity (Wildman–Crippen MR) is 69.3 cm³/mol. The molecule has 0 heterocycles. The van der Waals surface area contributed by atoms with Crippen LogP contribution in [0, 0.1) is 6.92 Å². The molecule has 4 heteroatoms. The van der Waals surface area contributed by atoms with Gasteiger partial charge in [-0.05, 0) is 25.8 Å². The van der Waals surface area contributed by atoms with Crippen molar-refractivity contribution in [3.05, 3.63) is 22.2 Å². The van der Waals surface area contributed by atoms with E-state index in [-0.39, 0.29) is 5.41 Å². The third-order valence-corrected chi connectivity index (χ3v) is 4.11. The van der Waals surface area contributed by atoms with Crippen LogP contribution in [-0.2, 0) is 5.41 Å². The Morgan fingerprint density at radius 2 is 2.00 bits per heavy atom. The second-order valence-corrected chi connectivity index (χ2v) is 4.96. The molecule has 94 valence electrons. The molecule has 1 aliphatic rings. The standard InChI is InChI=1S/C13H18ClNO2/c1-8-10(16-2)6-9(12(17-3)11(8)14)13(7-15)4-5-13/h6H,4-5,7,15H2,1-3H3. The van der Waals surface area contributed by atoms with Crippen LogP contribution in [0.4, 0.5) is 0 Å². The second kappa shape index (κ2) is 4.39. The van der Waals surface area contributed by atoms with Crippen LogP contribution in [-0.4, -0.2) is 20.8 Å². The van der Waals surface area contributed by atoms with E-state index in [1.807, 2.05) is 13.0 Å². The molecule has 0 saturated heterocycles. The van der Waals surface area contributed by atoms with Gasteiger partial charge in [-0.2, -0.15) is 0 Å². The topological polar surface area (TPSA) is 44.5 Å². The minimum absolute atomic E-state index is 0.0377. The first-order valence-electron chi connectivity index (χ1n) is 5.71. The van der Waals surface area contributed by atoms with Crippen molar-refractivity contribution < 1.29 is 9.47 Å². The van der Waals surface area contributed by atoms with Crippen molar-refractivity contribution in [2.75, 3.05) is 20.8 Å². The van der Waals surface area contributed by atoms with E-state index in [0.717, 1.165) is 35.5 Å². The molecule has 0 radical (unpaired) electrons. The van der Waals surface area contributed by atoms with Gasteiger partial charge in [-0.1, -0.05) is 11.6 Å². The number of hydrogen-bond donors (Lipinski definition) is 1. The fourth-order valence-electron chi connectivity index (χ4n) is 2.24. The molecule has 0 bridgehead atoms. The fourth-order valence-corrected chi connectivity index (χ4v) is 2.51. The van der Waals surface area contributed by atoms with E-state index < -0.39 is 0 Å². The van der Waals surface area contributed by atoms with Gasteiger partial charge in [-0.15, -0.1) is 0 Å². The lowest BCUT2D eigenvalue weighted by molar-refractivity contribution is 0.392. The van der Waals surface area contributed by atoms with Crippen LogP contribution >= 0.6 is 11.6 Å². The Kier molecular flexibility index (Phi) is 3.23. The summed E-state index contributed by atoms with van der Waals surface area (Å²) < 4.78 is 10.8. The van der Waals surface area contributed by atoms with E-state index in [4.69, 9.17) is 26.8 Å². The molecule has 1 aromatic carbocycles. The summed E-state index contributed by atoms with van der Waals surface area (Å²) >= 11 is 6.33. The van der Waals surface area contributed by atoms with Gasteiger partial charge in [0.1, 0.15) is 11.5 Å². The lowest BCUT2D eigenvalue weighted by Crippen LogP contribution is -2.21. The molecule has 0 aromatic heterocycles. The van der Waals surface area contributed by atoms with Crippen LogP contribution in [0.1, 0.15) is 24.0 Å². The summed E-state index contributed by atoms with van der Waals surface area (Å²) in [5.74, 6) is 1.54. The Hall–Kier alpha value is -0.930. The molecule has 1 aliphatic carbocycles. The Bertz CT molecular complexity index is 442. The first-order valence-corrected chi connectivity index (χ1v) is 6.09. The summed E-state index contributed by atoms with van der Waals surface area (Å²) in [6.07, 6.45) is 2.17. The number of methoxy groups -OCH3 is 2. The van der Waals surface area contributed by atoms with Crippen molar-refractivity contribution in [1.82, 2.24) is 0 Å². The molecule has 0 unspecified atom stereocenters. The van der Waals surface area contributed by atoms with Crippen LogP contribution < -0.4 is 15.2 Å². The molecule has 2 rings (SSSR count). The van der Waals surface area contributed by atoms with Gasteiger partial charge in [0.05, 0.1) is 19.2 Å². The Morgan fingerprint density at radius 1 is 1.35 bits per heavy atom. The van der Waals surface area contributed by atoms with Crippen molar-refractivity contribution in [2.45, 2.75) is 25.2 Å². The maximum Gasteiger partial charge on any atom is 0.141 e. The monoisotopic (exact) mass is 255 g/mol. The summed E-state index contributed by atoms with van der Waals surface area (Å²) in [5, 5.41) is 0.626. The zero-order valence-corrected chi connectivity index (χ0v) is 11.2. The van der Waals surface area contributed by atoms with Gasteiger partial charge in [-0.25, -0.2) is 0 Å². The summed E-state index contributed by atoms with van der Waals surface area (Å²) in [6.45, 7) is 2.54. The zero-order chi connectivity index (χ0) is 12.6. The summed E-state index contributed by atoms with van der Waals surface area (Å²) in [5.41, 5.74) is 7.89. The average molecular weight is 256 g/mol. The Balaban J connectivity index is 2.61. The molecule has 0 spiro atoms. The lowest BCUT2D eigenvalue weighted by Gasteiger charge is -2.21. The second-order valence-electron chi connectivity index (χ2n) is 4.58. The minimum Gasteiger partial charge on any atom is -0.496 e. The van der Waals surface area contributed by atoms with E-state index in [0.29, 0.717) is 11.6 Å². The Morgan fingerprint density at radius 3 is 2.41 bits per heavy atom. The van der Waals surface area contributed by atoms with E-state index in [1.54, 1.807) is 14.2 Å². The third-order valence-electron chi connectivity index (χ3n) is 3.66. The van der Waals surface area contributed by atoms with E-state index in [2.05, 4.69) is 0 Å². The van der Waals surface area contributed by atoms with Crippen molar-refractivity contribution in [1.29, 1.82) is 0 Å². The van der Waals surface area contributed by atoms with Crippen molar-refractivity contribution in [3.63, 3.8) is 0 Å².